The highest BCUT2D eigenvalue weighted by Crippen LogP contribution is 2.19. The molecule has 0 aromatic heterocycles. The van der Waals surface area contributed by atoms with Crippen LogP contribution in [0.15, 0.2) is 0 Å². The Morgan fingerprint density at radius 2 is 2.15 bits per heavy atom. The van der Waals surface area contributed by atoms with E-state index in [2.05, 4.69) is 17.5 Å². The highest BCUT2D eigenvalue weighted by atomic mass is 32.2. The summed E-state index contributed by atoms with van der Waals surface area (Å²) in [4.78, 5) is 21.7. The average molecular weight is 222 g/mol. The molecule has 1 amide bonds. The molecule has 0 saturated carbocycles. The van der Waals surface area contributed by atoms with Crippen LogP contribution in [-0.2, 0) is 9.59 Å². The lowest BCUT2D eigenvalue weighted by atomic mass is 10.4. The monoisotopic (exact) mass is 222 g/mol. The van der Waals surface area contributed by atoms with Gasteiger partial charge in [0, 0.05) is 5.25 Å². The molecule has 0 saturated heterocycles. The first-order chi connectivity index (χ1) is 6.02. The van der Waals surface area contributed by atoms with E-state index in [0.29, 0.717) is 0 Å². The van der Waals surface area contributed by atoms with Crippen molar-refractivity contribution in [1.29, 1.82) is 0 Å². The van der Waals surface area contributed by atoms with Crippen LogP contribution < -0.4 is 10.5 Å². The van der Waals surface area contributed by atoms with Crippen LogP contribution in [0.4, 0.5) is 0 Å². The minimum atomic E-state index is -0.928. The first-order valence-electron chi connectivity index (χ1n) is 3.91. The Morgan fingerprint density at radius 1 is 1.62 bits per heavy atom. The van der Waals surface area contributed by atoms with Crippen molar-refractivity contribution in [2.75, 3.05) is 0 Å². The molecule has 76 valence electrons. The third-order valence-corrected chi connectivity index (χ3v) is 3.38. The van der Waals surface area contributed by atoms with Gasteiger partial charge in [-0.2, -0.15) is 0 Å². The quantitative estimate of drug-likeness (QED) is 0.344. The fourth-order valence-corrected chi connectivity index (χ4v) is 1.87. The average Bonchev–Trinajstić information content (AvgIpc) is 2.12. The highest BCUT2D eigenvalue weighted by molar-refractivity contribution is 8.01. The third kappa shape index (κ3) is 4.54. The molecule has 6 heteroatoms. The molecule has 0 aromatic carbocycles. The maximum atomic E-state index is 11.1. The van der Waals surface area contributed by atoms with Crippen LogP contribution in [0.2, 0.25) is 0 Å². The predicted octanol–water partition coefficient (Wildman–Crippen LogP) is 0.333. The second-order valence-electron chi connectivity index (χ2n) is 2.59. The molecule has 0 aliphatic heterocycles. The Kier molecular flexibility index (Phi) is 6.19. The molecule has 0 aliphatic carbocycles. The van der Waals surface area contributed by atoms with Crippen LogP contribution >= 0.6 is 24.6 Å². The topological polar surface area (TPSA) is 72.2 Å². The van der Waals surface area contributed by atoms with E-state index in [0.717, 1.165) is 6.42 Å². The van der Waals surface area contributed by atoms with E-state index in [1.807, 2.05) is 13.8 Å². The number of primary amides is 1. The molecule has 0 aromatic rings. The predicted molar refractivity (Wildman–Crippen MR) is 57.5 cm³/mol. The van der Waals surface area contributed by atoms with E-state index < -0.39 is 17.1 Å². The van der Waals surface area contributed by atoms with Gasteiger partial charge in [0.1, 0.15) is 5.37 Å². The van der Waals surface area contributed by atoms with E-state index in [1.54, 1.807) is 0 Å². The van der Waals surface area contributed by atoms with Crippen molar-refractivity contribution < 1.29 is 9.59 Å². The number of nitrogens with two attached hydrogens (primary N) is 1. The maximum absolute atomic E-state index is 11.1. The number of carbonyl (C=O) groups is 2. The largest absolute Gasteiger partial charge is 0.363 e. The number of amides is 1. The Morgan fingerprint density at radius 3 is 2.46 bits per heavy atom. The van der Waals surface area contributed by atoms with Gasteiger partial charge in [-0.1, -0.05) is 26.7 Å². The summed E-state index contributed by atoms with van der Waals surface area (Å²) in [6, 6.07) is 0. The van der Waals surface area contributed by atoms with Gasteiger partial charge >= 0.3 is 0 Å². The molecular weight excluding hydrogens is 208 g/mol. The summed E-state index contributed by atoms with van der Waals surface area (Å²) in [7, 11) is 0. The van der Waals surface area contributed by atoms with E-state index in [4.69, 9.17) is 5.73 Å². The zero-order chi connectivity index (χ0) is 10.4. The number of rotatable bonds is 6. The van der Waals surface area contributed by atoms with E-state index in [1.165, 1.54) is 11.8 Å². The van der Waals surface area contributed by atoms with Crippen molar-refractivity contribution >= 4 is 36.3 Å². The molecule has 2 atom stereocenters. The summed E-state index contributed by atoms with van der Waals surface area (Å²) in [5.74, 6) is -1.57. The number of Topliss-reactive ketones (excluding diaryl/α,β-unsaturated/α-hetero) is 1. The van der Waals surface area contributed by atoms with Crippen molar-refractivity contribution in [3.8, 4) is 0 Å². The number of carbonyl (C=O) groups excluding carboxylic acids is 2. The lowest BCUT2D eigenvalue weighted by Crippen LogP contribution is -2.38. The fraction of sp³-hybridized carbons (Fsp3) is 0.714. The zero-order valence-electron chi connectivity index (χ0n) is 7.61. The first kappa shape index (κ1) is 12.8. The number of thioether (sulfide) groups is 1. The molecule has 0 radical (unpaired) electrons. The Balaban J connectivity index is 4.18. The molecule has 0 spiro atoms. The van der Waals surface area contributed by atoms with Crippen LogP contribution in [0.3, 0.4) is 0 Å². The lowest BCUT2D eigenvalue weighted by molar-refractivity contribution is -0.135. The maximum Gasteiger partial charge on any atom is 0.287 e. The molecule has 0 aliphatic rings. The summed E-state index contributed by atoms with van der Waals surface area (Å²) in [5.41, 5.74) is 4.85. The number of hydrogen-bond donors (Lipinski definition) is 3. The standard InChI is InChI=1S/C7H14N2O2S2/c1-3-4(2)13-7(9-12)5(10)6(8)11/h4,7,9,12H,3H2,1-2H3,(H2,8,11). The molecule has 4 nitrogen and oxygen atoms in total. The molecule has 0 rings (SSSR count). The van der Waals surface area contributed by atoms with Crippen molar-refractivity contribution in [3.05, 3.63) is 0 Å². The van der Waals surface area contributed by atoms with Gasteiger partial charge in [0.25, 0.3) is 5.91 Å². The van der Waals surface area contributed by atoms with Gasteiger partial charge < -0.3 is 5.73 Å². The summed E-state index contributed by atoms with van der Waals surface area (Å²) in [6.45, 7) is 3.97. The van der Waals surface area contributed by atoms with Gasteiger partial charge in [-0.3, -0.25) is 9.59 Å². The van der Waals surface area contributed by atoms with Gasteiger partial charge in [-0.05, 0) is 6.42 Å². The van der Waals surface area contributed by atoms with Crippen LogP contribution in [0.5, 0.6) is 0 Å². The van der Waals surface area contributed by atoms with Crippen molar-refractivity contribution in [1.82, 2.24) is 4.72 Å². The summed E-state index contributed by atoms with van der Waals surface area (Å²) in [6.07, 6.45) is 0.919. The molecule has 13 heavy (non-hydrogen) atoms. The van der Waals surface area contributed by atoms with Crippen LogP contribution in [0, 0.1) is 0 Å². The molecule has 0 bridgehead atoms. The van der Waals surface area contributed by atoms with Crippen LogP contribution in [0.1, 0.15) is 20.3 Å². The van der Waals surface area contributed by atoms with Crippen molar-refractivity contribution in [2.24, 2.45) is 5.73 Å². The van der Waals surface area contributed by atoms with Crippen molar-refractivity contribution in [3.63, 3.8) is 0 Å². The zero-order valence-corrected chi connectivity index (χ0v) is 9.32. The van der Waals surface area contributed by atoms with Crippen LogP contribution in [0.25, 0.3) is 0 Å². The van der Waals surface area contributed by atoms with Gasteiger partial charge in [-0.15, -0.1) is 11.8 Å². The minimum Gasteiger partial charge on any atom is -0.363 e. The summed E-state index contributed by atoms with van der Waals surface area (Å²) < 4.78 is 2.46. The summed E-state index contributed by atoms with van der Waals surface area (Å²) in [5, 5.41) is -0.358. The second kappa shape index (κ2) is 6.28. The fourth-order valence-electron chi connectivity index (χ4n) is 0.609. The number of thiol groups is 1. The molecule has 0 fully saturated rings. The van der Waals surface area contributed by atoms with Gasteiger partial charge in [0.2, 0.25) is 5.78 Å². The molecule has 0 heterocycles. The number of hydrogen-bond acceptors (Lipinski definition) is 5. The third-order valence-electron chi connectivity index (χ3n) is 1.54. The second-order valence-corrected chi connectivity index (χ2v) is 4.40. The highest BCUT2D eigenvalue weighted by Gasteiger charge is 2.23. The van der Waals surface area contributed by atoms with E-state index >= 15 is 0 Å². The van der Waals surface area contributed by atoms with Gasteiger partial charge in [0.05, 0.1) is 0 Å². The van der Waals surface area contributed by atoms with Crippen molar-refractivity contribution in [2.45, 2.75) is 30.9 Å². The molecule has 2 unspecified atom stereocenters. The van der Waals surface area contributed by atoms with E-state index in [-0.39, 0.29) is 5.25 Å². The molecular formula is C7H14N2O2S2. The number of nitrogens with one attached hydrogen (secondary N) is 1. The van der Waals surface area contributed by atoms with Crippen LogP contribution in [-0.4, -0.2) is 22.3 Å². The summed E-state index contributed by atoms with van der Waals surface area (Å²) >= 11 is 5.11. The Labute approximate surface area is 87.6 Å². The first-order valence-corrected chi connectivity index (χ1v) is 5.30. The normalized spacial score (nSPS) is 15.0. The number of ketones is 1. The lowest BCUT2D eigenvalue weighted by Gasteiger charge is -2.15. The Bertz CT molecular complexity index is 199. The van der Waals surface area contributed by atoms with Gasteiger partial charge in [-0.25, -0.2) is 4.72 Å². The smallest absolute Gasteiger partial charge is 0.287 e. The minimum absolute atomic E-state index is 0.285. The SMILES string of the molecule is CCC(C)SC(NS)C(=O)C(N)=O. The van der Waals surface area contributed by atoms with Gasteiger partial charge in [0.15, 0.2) is 0 Å². The Hall–Kier alpha value is -0.200. The van der Waals surface area contributed by atoms with E-state index in [9.17, 15) is 9.59 Å². The molecule has 3 N–H and O–H groups in total.